The number of halogens is 2. The lowest BCUT2D eigenvalue weighted by atomic mass is 9.94. The molecule has 1 saturated carbocycles. The van der Waals surface area contributed by atoms with Crippen molar-refractivity contribution in [2.24, 2.45) is 11.7 Å². The highest BCUT2D eigenvalue weighted by atomic mass is 19.2. The lowest BCUT2D eigenvalue weighted by molar-refractivity contribution is -0.137. The van der Waals surface area contributed by atoms with Crippen LogP contribution in [0.4, 0.5) is 8.78 Å². The van der Waals surface area contributed by atoms with E-state index >= 15 is 0 Å². The van der Waals surface area contributed by atoms with E-state index < -0.39 is 17.2 Å². The molecule has 2 unspecified atom stereocenters. The number of carbonyl (C=O) groups is 1. The molecule has 1 fully saturated rings. The van der Waals surface area contributed by atoms with Crippen LogP contribution in [-0.4, -0.2) is 23.4 Å². The summed E-state index contributed by atoms with van der Waals surface area (Å²) in [5, 5.41) is 0. The van der Waals surface area contributed by atoms with E-state index in [-0.39, 0.29) is 17.9 Å². The number of amides is 1. The number of hydrogen-bond donors (Lipinski definition) is 1. The third-order valence-electron chi connectivity index (χ3n) is 4.21. The van der Waals surface area contributed by atoms with Crippen LogP contribution in [0.1, 0.15) is 38.3 Å². The number of rotatable bonds is 4. The summed E-state index contributed by atoms with van der Waals surface area (Å²) >= 11 is 0. The van der Waals surface area contributed by atoms with Gasteiger partial charge in [0.15, 0.2) is 11.6 Å². The Morgan fingerprint density at radius 1 is 1.40 bits per heavy atom. The molecule has 1 aliphatic carbocycles. The molecule has 1 aromatic rings. The third kappa shape index (κ3) is 2.68. The summed E-state index contributed by atoms with van der Waals surface area (Å²) in [5.41, 5.74) is 5.77. The Balaban J connectivity index is 2.17. The highest BCUT2D eigenvalue weighted by Gasteiger charge is 2.46. The number of nitrogens with zero attached hydrogens (tertiary/aromatic N) is 1. The van der Waals surface area contributed by atoms with E-state index in [9.17, 15) is 13.6 Å². The molecule has 20 heavy (non-hydrogen) atoms. The molecule has 2 atom stereocenters. The first kappa shape index (κ1) is 14.9. The van der Waals surface area contributed by atoms with Gasteiger partial charge in [0.05, 0.1) is 11.6 Å². The molecule has 0 aromatic heterocycles. The first-order valence-corrected chi connectivity index (χ1v) is 6.76. The topological polar surface area (TPSA) is 46.3 Å². The molecule has 2 N–H and O–H groups in total. The van der Waals surface area contributed by atoms with E-state index in [1.807, 2.05) is 0 Å². The van der Waals surface area contributed by atoms with Crippen LogP contribution >= 0.6 is 0 Å². The van der Waals surface area contributed by atoms with Gasteiger partial charge < -0.3 is 10.6 Å². The normalized spacial score (nSPS) is 19.3. The minimum absolute atomic E-state index is 0.169. The second-order valence-corrected chi connectivity index (χ2v) is 5.82. The molecule has 1 aliphatic rings. The van der Waals surface area contributed by atoms with E-state index in [4.69, 9.17) is 5.73 Å². The van der Waals surface area contributed by atoms with E-state index in [1.54, 1.807) is 20.9 Å². The molecule has 110 valence electrons. The number of nitrogens with two attached hydrogens (primary N) is 1. The Labute approximate surface area is 117 Å². The van der Waals surface area contributed by atoms with Gasteiger partial charge in [-0.3, -0.25) is 4.79 Å². The van der Waals surface area contributed by atoms with Crippen LogP contribution in [0.5, 0.6) is 0 Å². The lowest BCUT2D eigenvalue weighted by Gasteiger charge is -2.33. The number of hydrogen-bond acceptors (Lipinski definition) is 2. The first-order chi connectivity index (χ1) is 9.25. The molecule has 0 aliphatic heterocycles. The smallest absolute Gasteiger partial charge is 0.242 e. The van der Waals surface area contributed by atoms with Crippen molar-refractivity contribution in [3.63, 3.8) is 0 Å². The van der Waals surface area contributed by atoms with E-state index in [1.165, 1.54) is 11.0 Å². The van der Waals surface area contributed by atoms with Crippen LogP contribution in [0.2, 0.25) is 0 Å². The van der Waals surface area contributed by atoms with Crippen LogP contribution in [0.25, 0.3) is 0 Å². The number of benzene rings is 1. The van der Waals surface area contributed by atoms with Crippen LogP contribution in [0.3, 0.4) is 0 Å². The van der Waals surface area contributed by atoms with Gasteiger partial charge in [0, 0.05) is 7.05 Å². The van der Waals surface area contributed by atoms with Crippen molar-refractivity contribution in [1.29, 1.82) is 0 Å². The minimum Gasteiger partial charge on any atom is -0.337 e. The fourth-order valence-electron chi connectivity index (χ4n) is 2.41. The maximum atomic E-state index is 13.3. The molecule has 0 spiro atoms. The molecule has 3 nitrogen and oxygen atoms in total. The maximum absolute atomic E-state index is 13.3. The van der Waals surface area contributed by atoms with Gasteiger partial charge in [0.1, 0.15) is 0 Å². The van der Waals surface area contributed by atoms with Crippen LogP contribution in [0.15, 0.2) is 18.2 Å². The maximum Gasteiger partial charge on any atom is 0.242 e. The summed E-state index contributed by atoms with van der Waals surface area (Å²) < 4.78 is 26.2. The van der Waals surface area contributed by atoms with Gasteiger partial charge in [-0.2, -0.15) is 0 Å². The van der Waals surface area contributed by atoms with Gasteiger partial charge >= 0.3 is 0 Å². The molecule has 0 saturated heterocycles. The molecule has 1 aromatic carbocycles. The number of likely N-dealkylation sites (N-methyl/N-ethyl adjacent to an activating group) is 1. The average molecular weight is 282 g/mol. The molecule has 5 heteroatoms. The summed E-state index contributed by atoms with van der Waals surface area (Å²) in [6, 6.07) is 3.31. The third-order valence-corrected chi connectivity index (χ3v) is 4.21. The van der Waals surface area contributed by atoms with Gasteiger partial charge in [0.25, 0.3) is 0 Å². The van der Waals surface area contributed by atoms with Gasteiger partial charge in [-0.15, -0.1) is 0 Å². The number of carbonyl (C=O) groups excluding carboxylic acids is 1. The van der Waals surface area contributed by atoms with Crippen molar-refractivity contribution in [3.05, 3.63) is 35.4 Å². The first-order valence-electron chi connectivity index (χ1n) is 6.76. The Bertz CT molecular complexity index is 527. The van der Waals surface area contributed by atoms with Crippen LogP contribution < -0.4 is 5.73 Å². The Kier molecular flexibility index (Phi) is 3.82. The fraction of sp³-hybridized carbons (Fsp3) is 0.533. The van der Waals surface area contributed by atoms with Gasteiger partial charge in [-0.1, -0.05) is 6.07 Å². The minimum atomic E-state index is -0.909. The van der Waals surface area contributed by atoms with Crippen molar-refractivity contribution in [2.75, 3.05) is 7.05 Å². The van der Waals surface area contributed by atoms with Crippen LogP contribution in [-0.2, 0) is 4.79 Å². The second-order valence-electron chi connectivity index (χ2n) is 5.82. The zero-order valence-electron chi connectivity index (χ0n) is 12.0. The molecule has 2 rings (SSSR count). The van der Waals surface area contributed by atoms with E-state index in [2.05, 4.69) is 0 Å². The monoisotopic (exact) mass is 282 g/mol. The molecule has 1 amide bonds. The van der Waals surface area contributed by atoms with Gasteiger partial charge in [-0.05, 0) is 50.3 Å². The quantitative estimate of drug-likeness (QED) is 0.922. The molecular weight excluding hydrogens is 262 g/mol. The largest absolute Gasteiger partial charge is 0.337 e. The summed E-state index contributed by atoms with van der Waals surface area (Å²) in [4.78, 5) is 14.0. The average Bonchev–Trinajstić information content (AvgIpc) is 3.24. The van der Waals surface area contributed by atoms with Crippen molar-refractivity contribution in [2.45, 2.75) is 38.3 Å². The SMILES string of the molecule is CC(c1ccc(F)c(F)c1)N(C)C(=O)C(C)(N)C1CC1. The van der Waals surface area contributed by atoms with Crippen molar-refractivity contribution < 1.29 is 13.6 Å². The molecule has 0 heterocycles. The summed E-state index contributed by atoms with van der Waals surface area (Å²) in [6.45, 7) is 3.51. The molecule has 0 bridgehead atoms. The van der Waals surface area contributed by atoms with Crippen molar-refractivity contribution in [3.8, 4) is 0 Å². The van der Waals surface area contributed by atoms with Crippen LogP contribution in [0, 0.1) is 17.6 Å². The standard InChI is InChI=1S/C15H20F2N2O/c1-9(10-4-7-12(16)13(17)8-10)19(3)14(20)15(2,18)11-5-6-11/h4,7-9,11H,5-6,18H2,1-3H3. The second kappa shape index (κ2) is 5.13. The van der Waals surface area contributed by atoms with E-state index in [0.717, 1.165) is 25.0 Å². The fourth-order valence-corrected chi connectivity index (χ4v) is 2.41. The predicted octanol–water partition coefficient (Wildman–Crippen LogP) is 2.61. The Morgan fingerprint density at radius 2 is 2.00 bits per heavy atom. The lowest BCUT2D eigenvalue weighted by Crippen LogP contribution is -2.54. The van der Waals surface area contributed by atoms with E-state index in [0.29, 0.717) is 5.56 Å². The van der Waals surface area contributed by atoms with Gasteiger partial charge in [-0.25, -0.2) is 8.78 Å². The summed E-state index contributed by atoms with van der Waals surface area (Å²) in [5.74, 6) is -1.75. The molecular formula is C15H20F2N2O. The highest BCUT2D eigenvalue weighted by molar-refractivity contribution is 5.86. The zero-order chi connectivity index (χ0) is 15.1. The Hall–Kier alpha value is -1.49. The Morgan fingerprint density at radius 3 is 2.50 bits per heavy atom. The predicted molar refractivity (Wildman–Crippen MR) is 72.9 cm³/mol. The highest BCUT2D eigenvalue weighted by Crippen LogP contribution is 2.39. The summed E-state index contributed by atoms with van der Waals surface area (Å²) in [7, 11) is 1.64. The molecule has 0 radical (unpaired) electrons. The van der Waals surface area contributed by atoms with Gasteiger partial charge in [0.2, 0.25) is 5.91 Å². The summed E-state index contributed by atoms with van der Waals surface area (Å²) in [6.07, 6.45) is 1.93. The van der Waals surface area contributed by atoms with Crippen molar-refractivity contribution in [1.82, 2.24) is 4.90 Å². The zero-order valence-corrected chi connectivity index (χ0v) is 12.0. The van der Waals surface area contributed by atoms with Crippen molar-refractivity contribution >= 4 is 5.91 Å².